The van der Waals surface area contributed by atoms with E-state index in [1.807, 2.05) is 0 Å². The van der Waals surface area contributed by atoms with Crippen molar-refractivity contribution in [3.63, 3.8) is 0 Å². The minimum Gasteiger partial charge on any atom is -0.316 e. The molecule has 86 valence electrons. The molecule has 0 aromatic rings. The largest absolute Gasteiger partial charge is 0.316 e. The maximum atomic E-state index is 12.1. The molecule has 1 aliphatic carbocycles. The molecule has 0 aromatic carbocycles. The van der Waals surface area contributed by atoms with Gasteiger partial charge in [0.15, 0.2) is 0 Å². The summed E-state index contributed by atoms with van der Waals surface area (Å²) in [5.41, 5.74) is 0. The minimum absolute atomic E-state index is 0.312. The summed E-state index contributed by atoms with van der Waals surface area (Å²) in [7, 11) is 0. The SMILES string of the molecule is CC1CNCC1C(=O)CC1CCCCC1. The topological polar surface area (TPSA) is 29.1 Å². The Kier molecular flexibility index (Phi) is 3.79. The monoisotopic (exact) mass is 209 g/mol. The average molecular weight is 209 g/mol. The fourth-order valence-corrected chi connectivity index (χ4v) is 3.07. The van der Waals surface area contributed by atoms with Crippen molar-refractivity contribution in [1.29, 1.82) is 0 Å². The summed E-state index contributed by atoms with van der Waals surface area (Å²) >= 11 is 0. The predicted molar refractivity (Wildman–Crippen MR) is 61.7 cm³/mol. The van der Waals surface area contributed by atoms with Crippen molar-refractivity contribution >= 4 is 5.78 Å². The summed E-state index contributed by atoms with van der Waals surface area (Å²) in [6, 6.07) is 0. The first-order valence-electron chi connectivity index (χ1n) is 6.51. The van der Waals surface area contributed by atoms with Crippen LogP contribution in [-0.2, 0) is 4.79 Å². The van der Waals surface area contributed by atoms with E-state index in [2.05, 4.69) is 12.2 Å². The summed E-state index contributed by atoms with van der Waals surface area (Å²) in [6.45, 7) is 4.15. The molecule has 0 radical (unpaired) electrons. The Morgan fingerprint density at radius 2 is 1.93 bits per heavy atom. The molecule has 2 nitrogen and oxygen atoms in total. The molecule has 1 N–H and O–H groups in total. The van der Waals surface area contributed by atoms with Crippen molar-refractivity contribution in [2.45, 2.75) is 45.4 Å². The zero-order valence-electron chi connectivity index (χ0n) is 9.80. The molecule has 2 heteroatoms. The predicted octanol–water partition coefficient (Wildman–Crippen LogP) is 2.38. The smallest absolute Gasteiger partial charge is 0.137 e. The average Bonchev–Trinajstić information content (AvgIpc) is 2.66. The van der Waals surface area contributed by atoms with Crippen molar-refractivity contribution in [2.24, 2.45) is 17.8 Å². The van der Waals surface area contributed by atoms with E-state index in [-0.39, 0.29) is 0 Å². The summed E-state index contributed by atoms with van der Waals surface area (Å²) in [5, 5.41) is 3.32. The highest BCUT2D eigenvalue weighted by molar-refractivity contribution is 5.82. The number of hydrogen-bond donors (Lipinski definition) is 1. The minimum atomic E-state index is 0.312. The third-order valence-electron chi connectivity index (χ3n) is 4.15. The van der Waals surface area contributed by atoms with E-state index in [0.29, 0.717) is 23.5 Å². The Morgan fingerprint density at radius 3 is 2.53 bits per heavy atom. The number of nitrogens with one attached hydrogen (secondary N) is 1. The molecule has 1 heterocycles. The molecule has 2 fully saturated rings. The van der Waals surface area contributed by atoms with Gasteiger partial charge < -0.3 is 5.32 Å². The van der Waals surface area contributed by atoms with Crippen LogP contribution >= 0.6 is 0 Å². The first-order valence-corrected chi connectivity index (χ1v) is 6.51. The number of rotatable bonds is 3. The van der Waals surface area contributed by atoms with Gasteiger partial charge in [-0.1, -0.05) is 39.0 Å². The van der Waals surface area contributed by atoms with Gasteiger partial charge in [0.2, 0.25) is 0 Å². The third-order valence-corrected chi connectivity index (χ3v) is 4.15. The summed E-state index contributed by atoms with van der Waals surface area (Å²) in [6.07, 6.45) is 7.51. The van der Waals surface area contributed by atoms with Crippen molar-refractivity contribution in [3.05, 3.63) is 0 Å². The van der Waals surface area contributed by atoms with Crippen molar-refractivity contribution < 1.29 is 4.79 Å². The van der Waals surface area contributed by atoms with Gasteiger partial charge in [-0.05, 0) is 18.4 Å². The van der Waals surface area contributed by atoms with E-state index in [0.717, 1.165) is 19.5 Å². The van der Waals surface area contributed by atoms with Gasteiger partial charge >= 0.3 is 0 Å². The van der Waals surface area contributed by atoms with E-state index in [1.165, 1.54) is 32.1 Å². The van der Waals surface area contributed by atoms with Gasteiger partial charge in [-0.25, -0.2) is 0 Å². The number of carbonyl (C=O) groups is 1. The van der Waals surface area contributed by atoms with E-state index >= 15 is 0 Å². The van der Waals surface area contributed by atoms with Gasteiger partial charge in [-0.2, -0.15) is 0 Å². The second kappa shape index (κ2) is 5.11. The second-order valence-electron chi connectivity index (χ2n) is 5.42. The summed E-state index contributed by atoms with van der Waals surface area (Å²) in [5.74, 6) is 2.10. The van der Waals surface area contributed by atoms with Crippen LogP contribution in [0.3, 0.4) is 0 Å². The van der Waals surface area contributed by atoms with Gasteiger partial charge in [0.25, 0.3) is 0 Å². The van der Waals surface area contributed by atoms with Gasteiger partial charge in [0, 0.05) is 18.9 Å². The molecule has 0 spiro atoms. The van der Waals surface area contributed by atoms with Crippen molar-refractivity contribution in [3.8, 4) is 0 Å². The second-order valence-corrected chi connectivity index (χ2v) is 5.42. The molecule has 1 saturated heterocycles. The number of hydrogen-bond acceptors (Lipinski definition) is 2. The maximum absolute atomic E-state index is 12.1. The molecule has 0 bridgehead atoms. The van der Waals surface area contributed by atoms with Crippen LogP contribution in [0.5, 0.6) is 0 Å². The van der Waals surface area contributed by atoms with E-state index < -0.39 is 0 Å². The Morgan fingerprint density at radius 1 is 1.20 bits per heavy atom. The molecular formula is C13H23NO. The van der Waals surface area contributed by atoms with Gasteiger partial charge in [-0.3, -0.25) is 4.79 Å². The van der Waals surface area contributed by atoms with Crippen LogP contribution in [-0.4, -0.2) is 18.9 Å². The number of ketones is 1. The molecule has 15 heavy (non-hydrogen) atoms. The Bertz CT molecular complexity index is 221. The molecule has 1 saturated carbocycles. The normalized spacial score (nSPS) is 33.1. The highest BCUT2D eigenvalue weighted by Gasteiger charge is 2.30. The highest BCUT2D eigenvalue weighted by Crippen LogP contribution is 2.29. The van der Waals surface area contributed by atoms with Gasteiger partial charge in [-0.15, -0.1) is 0 Å². The van der Waals surface area contributed by atoms with Gasteiger partial charge in [0.1, 0.15) is 5.78 Å². The van der Waals surface area contributed by atoms with Crippen molar-refractivity contribution in [1.82, 2.24) is 5.32 Å². The third kappa shape index (κ3) is 2.81. The fourth-order valence-electron chi connectivity index (χ4n) is 3.07. The molecule has 2 aliphatic rings. The van der Waals surface area contributed by atoms with E-state index in [9.17, 15) is 4.79 Å². The Balaban J connectivity index is 1.80. The van der Waals surface area contributed by atoms with Crippen LogP contribution in [0.2, 0.25) is 0 Å². The zero-order valence-corrected chi connectivity index (χ0v) is 9.80. The quantitative estimate of drug-likeness (QED) is 0.773. The lowest BCUT2D eigenvalue weighted by Gasteiger charge is -2.22. The van der Waals surface area contributed by atoms with Gasteiger partial charge in [0.05, 0.1) is 0 Å². The molecule has 2 atom stereocenters. The maximum Gasteiger partial charge on any atom is 0.137 e. The fraction of sp³-hybridized carbons (Fsp3) is 0.923. The Labute approximate surface area is 92.8 Å². The van der Waals surface area contributed by atoms with Crippen molar-refractivity contribution in [2.75, 3.05) is 13.1 Å². The van der Waals surface area contributed by atoms with E-state index in [1.54, 1.807) is 0 Å². The van der Waals surface area contributed by atoms with E-state index in [4.69, 9.17) is 0 Å². The molecule has 2 unspecified atom stereocenters. The zero-order chi connectivity index (χ0) is 10.7. The molecule has 2 rings (SSSR count). The highest BCUT2D eigenvalue weighted by atomic mass is 16.1. The molecule has 0 aromatic heterocycles. The van der Waals surface area contributed by atoms with Crippen LogP contribution < -0.4 is 5.32 Å². The standard InChI is InChI=1S/C13H23NO/c1-10-8-14-9-12(10)13(15)7-11-5-3-2-4-6-11/h10-12,14H,2-9H2,1H3. The number of Topliss-reactive ketones (excluding diaryl/α,β-unsaturated/α-hetero) is 1. The first kappa shape index (κ1) is 11.1. The molecule has 1 aliphatic heterocycles. The Hall–Kier alpha value is -0.370. The summed E-state index contributed by atoms with van der Waals surface area (Å²) in [4.78, 5) is 12.1. The van der Waals surface area contributed by atoms with Crippen LogP contribution in [0.15, 0.2) is 0 Å². The lowest BCUT2D eigenvalue weighted by Crippen LogP contribution is -2.24. The van der Waals surface area contributed by atoms with Crippen LogP contribution in [0.1, 0.15) is 45.4 Å². The van der Waals surface area contributed by atoms with Crippen LogP contribution in [0, 0.1) is 17.8 Å². The number of carbonyl (C=O) groups excluding carboxylic acids is 1. The molecule has 0 amide bonds. The first-order chi connectivity index (χ1) is 7.27. The lowest BCUT2D eigenvalue weighted by atomic mass is 9.82. The van der Waals surface area contributed by atoms with Crippen LogP contribution in [0.25, 0.3) is 0 Å². The summed E-state index contributed by atoms with van der Waals surface area (Å²) < 4.78 is 0. The lowest BCUT2D eigenvalue weighted by molar-refractivity contribution is -0.124. The van der Waals surface area contributed by atoms with Crippen LogP contribution in [0.4, 0.5) is 0 Å². The molecular weight excluding hydrogens is 186 g/mol.